The summed E-state index contributed by atoms with van der Waals surface area (Å²) in [7, 11) is 0. The first-order chi connectivity index (χ1) is 2.00. The van der Waals surface area contributed by atoms with Crippen LogP contribution >= 0.6 is 0 Å². The molecular formula is H3GaO2TiZn2. The van der Waals surface area contributed by atoms with Gasteiger partial charge in [-0.3, -0.25) is 0 Å². The fraction of sp³-hybridized carbons (Fsp3) is 0. The zero-order valence-electron chi connectivity index (χ0n) is 2.73. The summed E-state index contributed by atoms with van der Waals surface area (Å²) in [4.78, 5) is 0. The first-order valence-electron chi connectivity index (χ1n) is 0.577. The van der Waals surface area contributed by atoms with Crippen LogP contribution < -0.4 is 0 Å². The van der Waals surface area contributed by atoms with E-state index in [2.05, 4.69) is 0 Å². The molecule has 0 spiro atoms. The third-order valence-corrected chi connectivity index (χ3v) is 0. The summed E-state index contributed by atoms with van der Waals surface area (Å²) in [6.45, 7) is 0. The smallest absolute Gasteiger partial charge is 0 e. The molecule has 0 N–H and O–H groups in total. The van der Waals surface area contributed by atoms with Crippen molar-refractivity contribution in [3.63, 3.8) is 0 Å². The Morgan fingerprint density at radius 2 is 0.833 bits per heavy atom. The van der Waals surface area contributed by atoms with Crippen LogP contribution in [-0.4, -0.2) is 19.8 Å². The van der Waals surface area contributed by atoms with Crippen LogP contribution in [0.3, 0.4) is 0 Å². The maximum absolute atomic E-state index is 8.38. The van der Waals surface area contributed by atoms with Crippen LogP contribution in [-0.2, 0) is 65.4 Å². The van der Waals surface area contributed by atoms with Gasteiger partial charge < -0.3 is 0 Å². The molecule has 0 bridgehead atoms. The summed E-state index contributed by atoms with van der Waals surface area (Å²) in [6, 6.07) is 0. The normalized spacial score (nSPS) is 2.00. The predicted molar refractivity (Wildman–Crippen MR) is 11.3 cm³/mol. The summed E-state index contributed by atoms with van der Waals surface area (Å²) in [6.07, 6.45) is 0. The van der Waals surface area contributed by atoms with Crippen LogP contribution in [0.2, 0.25) is 0 Å². The molecule has 0 saturated carbocycles. The molecule has 0 aliphatic heterocycles. The van der Waals surface area contributed by atoms with Crippen LogP contribution in [0.4, 0.5) is 0 Å². The van der Waals surface area contributed by atoms with Gasteiger partial charge in [0.2, 0.25) is 0 Å². The Morgan fingerprint density at radius 3 is 0.833 bits per heavy atom. The molecule has 0 fully saturated rings. The molecule has 0 aliphatic rings. The summed E-state index contributed by atoms with van der Waals surface area (Å²) >= 11 is 0.250. The van der Waals surface area contributed by atoms with E-state index in [0.717, 1.165) is 0 Å². The van der Waals surface area contributed by atoms with Gasteiger partial charge in [0.25, 0.3) is 0 Å². The van der Waals surface area contributed by atoms with E-state index in [1.165, 1.54) is 0 Å². The van der Waals surface area contributed by atoms with E-state index in [9.17, 15) is 0 Å². The molecule has 0 rings (SSSR count). The van der Waals surface area contributed by atoms with Crippen LogP contribution in [0.1, 0.15) is 0 Å². The molecule has 0 aromatic heterocycles. The van der Waals surface area contributed by atoms with Crippen LogP contribution in [0.15, 0.2) is 0 Å². The number of rotatable bonds is 0. The van der Waals surface area contributed by atoms with Gasteiger partial charge in [-0.25, -0.2) is 0 Å². The minimum absolute atomic E-state index is 0. The van der Waals surface area contributed by atoms with Gasteiger partial charge in [-0.05, 0) is 0 Å². The minimum atomic E-state index is 0. The molecule has 2 nitrogen and oxygen atoms in total. The first-order valence-corrected chi connectivity index (χ1v) is 3.00. The molecule has 6 heavy (non-hydrogen) atoms. The number of hydrogen-bond donors (Lipinski definition) is 0. The molecule has 0 heterocycles. The SMILES string of the molecule is [GaH3].[O]=[Zn].[O]=[Zn].[Ti]. The maximum atomic E-state index is 8.38. The molecule has 26 valence electrons. The molecule has 0 unspecified atom stereocenters. The van der Waals surface area contributed by atoms with Crippen molar-refractivity contribution in [2.24, 2.45) is 0 Å². The fourth-order valence-electron chi connectivity index (χ4n) is 0. The standard InChI is InChI=1S/Ga.2O.Ti.2Zn.3H. The van der Waals surface area contributed by atoms with Gasteiger partial charge >= 0.3 is 63.4 Å². The molecule has 0 aliphatic carbocycles. The predicted octanol–water partition coefficient (Wildman–Crippen LogP) is -1.43. The Morgan fingerprint density at radius 1 is 0.833 bits per heavy atom. The van der Waals surface area contributed by atoms with Crippen molar-refractivity contribution in [2.75, 3.05) is 0 Å². The van der Waals surface area contributed by atoms with Gasteiger partial charge in [0.1, 0.15) is 0 Å². The van der Waals surface area contributed by atoms with Crippen LogP contribution in [0.25, 0.3) is 0 Å². The second kappa shape index (κ2) is 57.3. The van der Waals surface area contributed by atoms with E-state index in [4.69, 9.17) is 7.15 Å². The largest absolute Gasteiger partial charge is 0 e. The zero-order valence-corrected chi connectivity index (χ0v) is 10.2. The van der Waals surface area contributed by atoms with E-state index in [0.29, 0.717) is 0 Å². The summed E-state index contributed by atoms with van der Waals surface area (Å²) in [5.41, 5.74) is 0. The average molecular weight is 283 g/mol. The Labute approximate surface area is 84.0 Å². The molecule has 0 amide bonds. The van der Waals surface area contributed by atoms with Gasteiger partial charge in [0, 0.05) is 21.7 Å². The van der Waals surface area contributed by atoms with E-state index in [1.807, 2.05) is 0 Å². The third-order valence-electron chi connectivity index (χ3n) is 0. The second-order valence-electron chi connectivity index (χ2n) is 0. The summed E-state index contributed by atoms with van der Waals surface area (Å²) in [5, 5.41) is 0. The van der Waals surface area contributed by atoms with E-state index in [-0.39, 0.29) is 78.0 Å². The molecular weight excluding hydrogens is 280 g/mol. The average Bonchev–Trinajstić information content (AvgIpc) is 1.50. The Balaban J connectivity index is -0.00000000500. The Kier molecular flexibility index (Phi) is 230. The van der Waals surface area contributed by atoms with Gasteiger partial charge in [-0.15, -0.1) is 0 Å². The molecule has 0 atom stereocenters. The first kappa shape index (κ1) is 24.1. The van der Waals surface area contributed by atoms with E-state index >= 15 is 0 Å². The van der Waals surface area contributed by atoms with Crippen molar-refractivity contribution in [1.82, 2.24) is 0 Å². The van der Waals surface area contributed by atoms with Crippen molar-refractivity contribution < 1.29 is 65.4 Å². The fourth-order valence-corrected chi connectivity index (χ4v) is 0. The summed E-state index contributed by atoms with van der Waals surface area (Å²) in [5.74, 6) is 0. The third kappa shape index (κ3) is 34.7. The molecule has 0 aromatic carbocycles. The van der Waals surface area contributed by atoms with Crippen LogP contribution in [0, 0.1) is 0 Å². The van der Waals surface area contributed by atoms with Crippen molar-refractivity contribution in [1.29, 1.82) is 0 Å². The molecule has 0 radical (unpaired) electrons. The maximum Gasteiger partial charge on any atom is 0 e. The van der Waals surface area contributed by atoms with Crippen molar-refractivity contribution in [3.05, 3.63) is 0 Å². The minimum Gasteiger partial charge on any atom is 0 e. The Hall–Kier alpha value is 2.20. The van der Waals surface area contributed by atoms with Crippen molar-refractivity contribution >= 4 is 19.8 Å². The number of hydrogen-bond acceptors (Lipinski definition) is 2. The van der Waals surface area contributed by atoms with Gasteiger partial charge in [0.15, 0.2) is 0 Å². The second-order valence-corrected chi connectivity index (χ2v) is 0. The quantitative estimate of drug-likeness (QED) is 0.511. The summed E-state index contributed by atoms with van der Waals surface area (Å²) < 4.78 is 16.8. The van der Waals surface area contributed by atoms with Gasteiger partial charge in [0.05, 0.1) is 0 Å². The molecule has 6 heteroatoms. The topological polar surface area (TPSA) is 34.1 Å². The Bertz CT molecular complexity index is 13.5. The molecule has 0 saturated heterocycles. The zero-order chi connectivity index (χ0) is 4.00. The van der Waals surface area contributed by atoms with Gasteiger partial charge in [-0.2, -0.15) is 0 Å². The van der Waals surface area contributed by atoms with E-state index < -0.39 is 0 Å². The van der Waals surface area contributed by atoms with Gasteiger partial charge in [-0.1, -0.05) is 0 Å². The van der Waals surface area contributed by atoms with Crippen molar-refractivity contribution in [3.8, 4) is 0 Å². The van der Waals surface area contributed by atoms with E-state index in [1.54, 1.807) is 0 Å². The van der Waals surface area contributed by atoms with Crippen LogP contribution in [0.5, 0.6) is 0 Å². The van der Waals surface area contributed by atoms with Crippen molar-refractivity contribution in [2.45, 2.75) is 0 Å². The monoisotopic (exact) mass is 280 g/mol. The molecule has 0 aromatic rings.